The molecule has 14 heavy (non-hydrogen) atoms. The first kappa shape index (κ1) is 9.09. The van der Waals surface area contributed by atoms with Gasteiger partial charge in [0, 0.05) is 18.1 Å². The van der Waals surface area contributed by atoms with Gasteiger partial charge < -0.3 is 14.3 Å². The van der Waals surface area contributed by atoms with Crippen LogP contribution in [0.15, 0.2) is 28.7 Å². The fraction of sp³-hybridized carbons (Fsp3) is 0.273. The Morgan fingerprint density at radius 2 is 2.21 bits per heavy atom. The van der Waals surface area contributed by atoms with Crippen molar-refractivity contribution >= 4 is 11.0 Å². The molecule has 2 aromatic rings. The summed E-state index contributed by atoms with van der Waals surface area (Å²) >= 11 is 0. The van der Waals surface area contributed by atoms with Gasteiger partial charge in [0.05, 0.1) is 0 Å². The molecule has 0 saturated carbocycles. The van der Waals surface area contributed by atoms with E-state index >= 15 is 0 Å². The molecule has 0 amide bonds. The standard InChI is InChI=1S/C11H12O3/c1-2-13-7-10-5-8-3-4-9(12)6-11(8)14-10/h3-6,12H,2,7H2,1H3. The molecule has 0 aliphatic carbocycles. The molecule has 0 unspecified atom stereocenters. The second-order valence-corrected chi connectivity index (χ2v) is 3.07. The number of furan rings is 1. The average Bonchev–Trinajstić information content (AvgIpc) is 2.56. The molecule has 1 N–H and O–H groups in total. The summed E-state index contributed by atoms with van der Waals surface area (Å²) < 4.78 is 10.7. The van der Waals surface area contributed by atoms with E-state index in [1.54, 1.807) is 12.1 Å². The van der Waals surface area contributed by atoms with Crippen LogP contribution in [0.5, 0.6) is 5.75 Å². The minimum atomic E-state index is 0.217. The van der Waals surface area contributed by atoms with Crippen molar-refractivity contribution in [2.24, 2.45) is 0 Å². The smallest absolute Gasteiger partial charge is 0.138 e. The molecule has 1 aromatic carbocycles. The Morgan fingerprint density at radius 3 is 3.00 bits per heavy atom. The van der Waals surface area contributed by atoms with Crippen molar-refractivity contribution in [3.05, 3.63) is 30.0 Å². The van der Waals surface area contributed by atoms with E-state index in [-0.39, 0.29) is 5.75 Å². The lowest BCUT2D eigenvalue weighted by molar-refractivity contribution is 0.119. The Hall–Kier alpha value is -1.48. The van der Waals surface area contributed by atoms with E-state index in [0.717, 1.165) is 11.1 Å². The highest BCUT2D eigenvalue weighted by atomic mass is 16.5. The third kappa shape index (κ3) is 1.72. The molecule has 0 bridgehead atoms. The Bertz CT molecular complexity index is 431. The second-order valence-electron chi connectivity index (χ2n) is 3.07. The molecule has 1 heterocycles. The largest absolute Gasteiger partial charge is 0.508 e. The van der Waals surface area contributed by atoms with Crippen LogP contribution in [0.4, 0.5) is 0 Å². The van der Waals surface area contributed by atoms with E-state index in [0.29, 0.717) is 18.8 Å². The van der Waals surface area contributed by atoms with E-state index in [1.807, 2.05) is 19.1 Å². The molecule has 0 aliphatic heterocycles. The topological polar surface area (TPSA) is 42.6 Å². The summed E-state index contributed by atoms with van der Waals surface area (Å²) in [5, 5.41) is 10.2. The number of phenols is 1. The summed E-state index contributed by atoms with van der Waals surface area (Å²) in [4.78, 5) is 0. The zero-order valence-electron chi connectivity index (χ0n) is 7.99. The normalized spacial score (nSPS) is 10.9. The summed E-state index contributed by atoms with van der Waals surface area (Å²) in [6, 6.07) is 6.99. The maximum atomic E-state index is 9.22. The van der Waals surface area contributed by atoms with Crippen molar-refractivity contribution in [2.45, 2.75) is 13.5 Å². The number of benzene rings is 1. The van der Waals surface area contributed by atoms with Gasteiger partial charge >= 0.3 is 0 Å². The maximum absolute atomic E-state index is 9.22. The van der Waals surface area contributed by atoms with Crippen molar-refractivity contribution in [1.29, 1.82) is 0 Å². The maximum Gasteiger partial charge on any atom is 0.138 e. The first-order valence-electron chi connectivity index (χ1n) is 4.59. The van der Waals surface area contributed by atoms with Gasteiger partial charge in [-0.2, -0.15) is 0 Å². The molecule has 0 aliphatic rings. The van der Waals surface area contributed by atoms with Crippen LogP contribution in [-0.2, 0) is 11.3 Å². The molecule has 0 spiro atoms. The van der Waals surface area contributed by atoms with Gasteiger partial charge in [0.15, 0.2) is 0 Å². The molecule has 1 aromatic heterocycles. The number of fused-ring (bicyclic) bond motifs is 1. The molecule has 74 valence electrons. The third-order valence-electron chi connectivity index (χ3n) is 2.00. The first-order chi connectivity index (χ1) is 6.79. The zero-order chi connectivity index (χ0) is 9.97. The summed E-state index contributed by atoms with van der Waals surface area (Å²) in [5.41, 5.74) is 0.694. The highest BCUT2D eigenvalue weighted by Crippen LogP contribution is 2.23. The van der Waals surface area contributed by atoms with Crippen LogP contribution in [0.1, 0.15) is 12.7 Å². The molecule has 2 rings (SSSR count). The minimum Gasteiger partial charge on any atom is -0.508 e. The van der Waals surface area contributed by atoms with Crippen molar-refractivity contribution in [3.8, 4) is 5.75 Å². The molecular formula is C11H12O3. The molecule has 0 radical (unpaired) electrons. The number of hydrogen-bond acceptors (Lipinski definition) is 3. The quantitative estimate of drug-likeness (QED) is 0.812. The monoisotopic (exact) mass is 192 g/mol. The van der Waals surface area contributed by atoms with Crippen LogP contribution in [0, 0.1) is 0 Å². The molecule has 3 nitrogen and oxygen atoms in total. The van der Waals surface area contributed by atoms with Gasteiger partial charge in [-0.15, -0.1) is 0 Å². The fourth-order valence-corrected chi connectivity index (χ4v) is 1.35. The number of phenolic OH excluding ortho intramolecular Hbond substituents is 1. The van der Waals surface area contributed by atoms with Gasteiger partial charge in [-0.3, -0.25) is 0 Å². The Labute approximate surface area is 81.9 Å². The molecule has 0 fully saturated rings. The van der Waals surface area contributed by atoms with E-state index < -0.39 is 0 Å². The average molecular weight is 192 g/mol. The van der Waals surface area contributed by atoms with Crippen molar-refractivity contribution < 1.29 is 14.3 Å². The lowest BCUT2D eigenvalue weighted by Crippen LogP contribution is -1.88. The predicted molar refractivity (Wildman–Crippen MR) is 53.2 cm³/mol. The number of rotatable bonds is 3. The Balaban J connectivity index is 2.32. The van der Waals surface area contributed by atoms with Crippen LogP contribution in [-0.4, -0.2) is 11.7 Å². The summed E-state index contributed by atoms with van der Waals surface area (Å²) in [6.07, 6.45) is 0. The molecular weight excluding hydrogens is 180 g/mol. The van der Waals surface area contributed by atoms with Crippen LogP contribution < -0.4 is 0 Å². The Kier molecular flexibility index (Phi) is 2.41. The van der Waals surface area contributed by atoms with Gasteiger partial charge in [-0.05, 0) is 25.1 Å². The number of aromatic hydroxyl groups is 1. The lowest BCUT2D eigenvalue weighted by Gasteiger charge is -1.94. The van der Waals surface area contributed by atoms with Gasteiger partial charge in [0.2, 0.25) is 0 Å². The number of ether oxygens (including phenoxy) is 1. The van der Waals surface area contributed by atoms with Crippen LogP contribution in [0.2, 0.25) is 0 Å². The summed E-state index contributed by atoms with van der Waals surface area (Å²) in [5.74, 6) is 1.00. The van der Waals surface area contributed by atoms with E-state index in [2.05, 4.69) is 0 Å². The van der Waals surface area contributed by atoms with E-state index in [9.17, 15) is 5.11 Å². The van der Waals surface area contributed by atoms with Gasteiger partial charge in [0.25, 0.3) is 0 Å². The van der Waals surface area contributed by atoms with Crippen LogP contribution in [0.3, 0.4) is 0 Å². The Morgan fingerprint density at radius 1 is 1.36 bits per heavy atom. The second kappa shape index (κ2) is 3.72. The fourth-order valence-electron chi connectivity index (χ4n) is 1.35. The third-order valence-corrected chi connectivity index (χ3v) is 2.00. The van der Waals surface area contributed by atoms with Crippen LogP contribution in [0.25, 0.3) is 11.0 Å². The predicted octanol–water partition coefficient (Wildman–Crippen LogP) is 2.67. The van der Waals surface area contributed by atoms with Crippen molar-refractivity contribution in [1.82, 2.24) is 0 Å². The first-order valence-corrected chi connectivity index (χ1v) is 4.59. The van der Waals surface area contributed by atoms with Crippen molar-refractivity contribution in [2.75, 3.05) is 6.61 Å². The molecule has 0 saturated heterocycles. The van der Waals surface area contributed by atoms with Crippen molar-refractivity contribution in [3.63, 3.8) is 0 Å². The van der Waals surface area contributed by atoms with Gasteiger partial charge in [-0.25, -0.2) is 0 Å². The minimum absolute atomic E-state index is 0.217. The lowest BCUT2D eigenvalue weighted by atomic mass is 10.2. The zero-order valence-corrected chi connectivity index (χ0v) is 7.99. The van der Waals surface area contributed by atoms with E-state index in [4.69, 9.17) is 9.15 Å². The van der Waals surface area contributed by atoms with Gasteiger partial charge in [0.1, 0.15) is 23.7 Å². The van der Waals surface area contributed by atoms with Gasteiger partial charge in [-0.1, -0.05) is 0 Å². The SMILES string of the molecule is CCOCc1cc2ccc(O)cc2o1. The highest BCUT2D eigenvalue weighted by molar-refractivity contribution is 5.79. The summed E-state index contributed by atoms with van der Waals surface area (Å²) in [6.45, 7) is 3.09. The number of hydrogen-bond donors (Lipinski definition) is 1. The van der Waals surface area contributed by atoms with Crippen LogP contribution >= 0.6 is 0 Å². The highest BCUT2D eigenvalue weighted by Gasteiger charge is 2.03. The molecule has 0 atom stereocenters. The summed E-state index contributed by atoms with van der Waals surface area (Å²) in [7, 11) is 0. The van der Waals surface area contributed by atoms with E-state index in [1.165, 1.54) is 0 Å². The molecule has 3 heteroatoms.